The number of nitrogens with zero attached hydrogens (tertiary/aromatic N) is 2. The Balaban J connectivity index is 1.99. The SMILES string of the molecule is CC1(O)C2=CC(=O)N(C3Oc4ccccc4C=C3C2=O)[N+]1(C)C. The minimum atomic E-state index is -1.52. The van der Waals surface area contributed by atoms with Crippen LogP contribution in [0.1, 0.15) is 12.5 Å². The molecule has 1 fully saturated rings. The lowest BCUT2D eigenvalue weighted by Gasteiger charge is -2.50. The number of carbonyl (C=O) groups is 2. The summed E-state index contributed by atoms with van der Waals surface area (Å²) < 4.78 is 5.77. The molecule has 1 N–H and O–H groups in total. The van der Waals surface area contributed by atoms with E-state index in [-0.39, 0.29) is 21.9 Å². The zero-order chi connectivity index (χ0) is 16.6. The van der Waals surface area contributed by atoms with Gasteiger partial charge < -0.3 is 9.84 Å². The summed E-state index contributed by atoms with van der Waals surface area (Å²) in [4.78, 5) is 25.5. The maximum atomic E-state index is 12.9. The molecular formula is C17H17N2O4+. The quantitative estimate of drug-likeness (QED) is 0.721. The number of para-hydroxylation sites is 1. The molecule has 1 amide bonds. The van der Waals surface area contributed by atoms with Crippen LogP contribution < -0.4 is 4.74 Å². The molecule has 118 valence electrons. The number of likely N-dealkylation sites (N-methyl/N-ethyl adjacent to an activating group) is 1. The monoisotopic (exact) mass is 313 g/mol. The highest BCUT2D eigenvalue weighted by Crippen LogP contribution is 2.44. The maximum absolute atomic E-state index is 12.9. The van der Waals surface area contributed by atoms with Gasteiger partial charge in [0.05, 0.1) is 25.2 Å². The van der Waals surface area contributed by atoms with Crippen LogP contribution in [0.25, 0.3) is 6.08 Å². The second kappa shape index (κ2) is 4.10. The van der Waals surface area contributed by atoms with Crippen molar-refractivity contribution in [3.63, 3.8) is 0 Å². The van der Waals surface area contributed by atoms with Gasteiger partial charge in [-0.2, -0.15) is 4.59 Å². The standard InChI is InChI=1S/C17H17N2O4/c1-17(22)12-9-14(20)18(19(17,2)3)16-11(15(12)21)8-10-6-4-5-7-13(10)23-16/h4-9,16,22H,1-3H3/q+1. The van der Waals surface area contributed by atoms with E-state index in [4.69, 9.17) is 4.74 Å². The van der Waals surface area contributed by atoms with Gasteiger partial charge in [-0.05, 0) is 12.1 Å². The Labute approximate surface area is 133 Å². The lowest BCUT2D eigenvalue weighted by Crippen LogP contribution is -2.72. The van der Waals surface area contributed by atoms with Gasteiger partial charge in [0, 0.05) is 18.6 Å². The van der Waals surface area contributed by atoms with Crippen molar-refractivity contribution in [2.45, 2.75) is 18.9 Å². The van der Waals surface area contributed by atoms with Gasteiger partial charge in [-0.15, -0.1) is 5.01 Å². The predicted octanol–water partition coefficient (Wildman–Crippen LogP) is 0.840. The highest BCUT2D eigenvalue weighted by molar-refractivity contribution is 6.17. The molecule has 1 aromatic carbocycles. The summed E-state index contributed by atoms with van der Waals surface area (Å²) in [5.41, 5.74) is -0.267. The smallest absolute Gasteiger partial charge is 0.296 e. The van der Waals surface area contributed by atoms with Gasteiger partial charge in [0.15, 0.2) is 5.78 Å². The van der Waals surface area contributed by atoms with Crippen LogP contribution in [0.4, 0.5) is 0 Å². The molecule has 1 saturated heterocycles. The van der Waals surface area contributed by atoms with Gasteiger partial charge in [0.2, 0.25) is 6.23 Å². The van der Waals surface area contributed by atoms with Crippen molar-refractivity contribution in [1.82, 2.24) is 5.01 Å². The van der Waals surface area contributed by atoms with Gasteiger partial charge in [0.25, 0.3) is 11.6 Å². The van der Waals surface area contributed by atoms with Gasteiger partial charge in [-0.25, -0.2) is 0 Å². The fourth-order valence-electron chi connectivity index (χ4n) is 3.38. The van der Waals surface area contributed by atoms with E-state index in [2.05, 4.69) is 0 Å². The molecule has 4 aliphatic heterocycles. The average Bonchev–Trinajstić information content (AvgIpc) is 2.62. The van der Waals surface area contributed by atoms with Crippen LogP contribution in [0, 0.1) is 0 Å². The van der Waals surface area contributed by atoms with E-state index in [0.717, 1.165) is 5.56 Å². The Morgan fingerprint density at radius 2 is 1.91 bits per heavy atom. The van der Waals surface area contributed by atoms with E-state index in [1.54, 1.807) is 33.2 Å². The first-order valence-corrected chi connectivity index (χ1v) is 7.39. The number of hydrogen-bond donors (Lipinski definition) is 1. The Hall–Kier alpha value is -2.44. The van der Waals surface area contributed by atoms with E-state index in [9.17, 15) is 14.7 Å². The van der Waals surface area contributed by atoms with Gasteiger partial charge in [-0.1, -0.05) is 18.2 Å². The van der Waals surface area contributed by atoms with Crippen LogP contribution >= 0.6 is 0 Å². The molecule has 4 aliphatic rings. The molecule has 2 unspecified atom stereocenters. The molecule has 0 saturated carbocycles. The molecule has 2 bridgehead atoms. The van der Waals surface area contributed by atoms with Gasteiger partial charge in [0.1, 0.15) is 5.75 Å². The minimum absolute atomic E-state index is 0.0977. The average molecular weight is 313 g/mol. The Kier molecular flexibility index (Phi) is 2.52. The molecule has 0 radical (unpaired) electrons. The number of benzene rings is 1. The van der Waals surface area contributed by atoms with Gasteiger partial charge in [-0.3, -0.25) is 9.59 Å². The van der Waals surface area contributed by atoms with E-state index < -0.39 is 12.0 Å². The summed E-state index contributed by atoms with van der Waals surface area (Å²) in [5.74, 6) is -0.0939. The van der Waals surface area contributed by atoms with Crippen LogP contribution in [0.5, 0.6) is 5.75 Å². The fourth-order valence-corrected chi connectivity index (χ4v) is 3.38. The van der Waals surface area contributed by atoms with Crippen molar-refractivity contribution in [2.75, 3.05) is 14.1 Å². The second-order valence-electron chi connectivity index (χ2n) is 6.59. The molecule has 6 nitrogen and oxygen atoms in total. The molecule has 0 spiro atoms. The fraction of sp³-hybridized carbons (Fsp3) is 0.294. The minimum Gasteiger partial charge on any atom is -0.460 e. The first-order chi connectivity index (χ1) is 10.7. The molecule has 6 heteroatoms. The van der Waals surface area contributed by atoms with Crippen molar-refractivity contribution in [3.8, 4) is 5.75 Å². The van der Waals surface area contributed by atoms with E-state index in [1.807, 2.05) is 18.2 Å². The molecule has 1 aromatic rings. The Morgan fingerprint density at radius 1 is 1.22 bits per heavy atom. The summed E-state index contributed by atoms with van der Waals surface area (Å²) in [7, 11) is 3.37. The highest BCUT2D eigenvalue weighted by Gasteiger charge is 2.62. The first kappa shape index (κ1) is 14.2. The number of carbonyl (C=O) groups excluding carboxylic acids is 2. The molecule has 4 heterocycles. The lowest BCUT2D eigenvalue weighted by atomic mass is 9.92. The van der Waals surface area contributed by atoms with Crippen LogP contribution in [0.3, 0.4) is 0 Å². The van der Waals surface area contributed by atoms with Crippen molar-refractivity contribution in [2.24, 2.45) is 0 Å². The summed E-state index contributed by atoms with van der Waals surface area (Å²) in [6, 6.07) is 7.34. The molecule has 5 rings (SSSR count). The molecule has 0 aliphatic carbocycles. The van der Waals surface area contributed by atoms with Crippen molar-refractivity contribution >= 4 is 17.8 Å². The third-order valence-electron chi connectivity index (χ3n) is 5.07. The van der Waals surface area contributed by atoms with Crippen molar-refractivity contribution in [1.29, 1.82) is 0 Å². The van der Waals surface area contributed by atoms with E-state index in [1.165, 1.54) is 11.1 Å². The number of quaternary nitrogens is 1. The number of ether oxygens (including phenoxy) is 1. The number of Topliss-reactive ketones (excluding diaryl/α,β-unsaturated/α-hetero) is 1. The molecule has 0 aromatic heterocycles. The van der Waals surface area contributed by atoms with Crippen molar-refractivity contribution in [3.05, 3.63) is 47.1 Å². The summed E-state index contributed by atoms with van der Waals surface area (Å²) in [6.45, 7) is 1.54. The number of ketones is 1. The zero-order valence-electron chi connectivity index (χ0n) is 13.1. The third-order valence-corrected chi connectivity index (χ3v) is 5.07. The first-order valence-electron chi connectivity index (χ1n) is 7.39. The number of amides is 1. The number of aliphatic hydroxyl groups is 1. The molecule has 23 heavy (non-hydrogen) atoms. The van der Waals surface area contributed by atoms with Gasteiger partial charge >= 0.3 is 0 Å². The topological polar surface area (TPSA) is 66.8 Å². The summed E-state index contributed by atoms with van der Waals surface area (Å²) in [5, 5.41) is 12.3. The molecular weight excluding hydrogens is 296 g/mol. The van der Waals surface area contributed by atoms with Crippen LogP contribution in [-0.4, -0.2) is 52.4 Å². The summed E-state index contributed by atoms with van der Waals surface area (Å²) >= 11 is 0. The largest absolute Gasteiger partial charge is 0.460 e. The number of rotatable bonds is 0. The molecule has 2 atom stereocenters. The normalized spacial score (nSPS) is 30.8. The maximum Gasteiger partial charge on any atom is 0.296 e. The number of hydrogen-bond acceptors (Lipinski definition) is 4. The van der Waals surface area contributed by atoms with Crippen molar-refractivity contribution < 1.29 is 24.0 Å². The van der Waals surface area contributed by atoms with E-state index >= 15 is 0 Å². The highest BCUT2D eigenvalue weighted by atomic mass is 16.5. The Bertz CT molecular complexity index is 820. The van der Waals surface area contributed by atoms with Crippen LogP contribution in [0.2, 0.25) is 0 Å². The second-order valence-corrected chi connectivity index (χ2v) is 6.59. The predicted molar refractivity (Wildman–Crippen MR) is 81.5 cm³/mol. The third kappa shape index (κ3) is 1.59. The zero-order valence-corrected chi connectivity index (χ0v) is 13.1. The van der Waals surface area contributed by atoms with E-state index in [0.29, 0.717) is 11.3 Å². The Morgan fingerprint density at radius 3 is 2.65 bits per heavy atom. The number of fused-ring (bicyclic) bond motifs is 3. The lowest BCUT2D eigenvalue weighted by molar-refractivity contribution is -1.05. The van der Waals surface area contributed by atoms with Crippen LogP contribution in [-0.2, 0) is 9.59 Å². The van der Waals surface area contributed by atoms with Crippen LogP contribution in [0.15, 0.2) is 41.5 Å². The summed E-state index contributed by atoms with van der Waals surface area (Å²) in [6.07, 6.45) is 2.11.